The van der Waals surface area contributed by atoms with Gasteiger partial charge in [-0.3, -0.25) is 10.1 Å². The zero-order valence-corrected chi connectivity index (χ0v) is 13.8. The molecule has 0 amide bonds. The Labute approximate surface area is 148 Å². The first kappa shape index (κ1) is 17.5. The average molecular weight is 358 g/mol. The number of hydrogen-bond donors (Lipinski definition) is 0. The quantitative estimate of drug-likeness (QED) is 0.450. The molecule has 0 saturated heterocycles. The smallest absolute Gasteiger partial charge is 0.379 e. The highest BCUT2D eigenvalue weighted by atomic mass is 19.1. The zero-order valence-electron chi connectivity index (χ0n) is 13.8. The van der Waals surface area contributed by atoms with Crippen molar-refractivity contribution in [2.24, 2.45) is 5.16 Å². The fourth-order valence-corrected chi connectivity index (χ4v) is 2.93. The van der Waals surface area contributed by atoms with Gasteiger partial charge in [-0.2, -0.15) is 0 Å². The standard InChI is InChI=1S/C18H15FN2O5/c1-25-14-9-7-12(8-10-14)15(11-21(23)24)18(19)16(20-26-17(18)22)13-5-3-2-4-6-13/h2-10,15H,11H2,1H3/t15-,18+/m1/s1. The summed E-state index contributed by atoms with van der Waals surface area (Å²) >= 11 is 0. The number of alkyl halides is 1. The number of carbonyl (C=O) groups excluding carboxylic acids is 1. The summed E-state index contributed by atoms with van der Waals surface area (Å²) in [6, 6.07) is 14.2. The highest BCUT2D eigenvalue weighted by Crippen LogP contribution is 2.40. The van der Waals surface area contributed by atoms with Crippen molar-refractivity contribution in [3.63, 3.8) is 0 Å². The van der Waals surface area contributed by atoms with Crippen molar-refractivity contribution in [2.75, 3.05) is 13.7 Å². The number of methoxy groups -OCH3 is 1. The lowest BCUT2D eigenvalue weighted by molar-refractivity contribution is -0.485. The predicted octanol–water partition coefficient (Wildman–Crippen LogP) is 2.72. The van der Waals surface area contributed by atoms with Crippen molar-refractivity contribution in [3.05, 3.63) is 75.8 Å². The zero-order chi connectivity index (χ0) is 18.7. The molecule has 0 bridgehead atoms. The highest BCUT2D eigenvalue weighted by molar-refractivity contribution is 6.21. The fourth-order valence-electron chi connectivity index (χ4n) is 2.93. The van der Waals surface area contributed by atoms with Gasteiger partial charge in [-0.05, 0) is 17.7 Å². The van der Waals surface area contributed by atoms with E-state index in [2.05, 4.69) is 9.99 Å². The minimum Gasteiger partial charge on any atom is -0.497 e. The van der Waals surface area contributed by atoms with Gasteiger partial charge in [0.25, 0.3) is 5.67 Å². The number of nitro groups is 1. The number of nitrogens with zero attached hydrogens (tertiary/aromatic N) is 2. The Bertz CT molecular complexity index is 854. The van der Waals surface area contributed by atoms with Gasteiger partial charge < -0.3 is 9.57 Å². The molecule has 8 heteroatoms. The summed E-state index contributed by atoms with van der Waals surface area (Å²) < 4.78 is 21.1. The van der Waals surface area contributed by atoms with E-state index in [1.54, 1.807) is 42.5 Å². The van der Waals surface area contributed by atoms with Crippen LogP contribution in [0.5, 0.6) is 5.75 Å². The van der Waals surface area contributed by atoms with Crippen LogP contribution in [-0.4, -0.2) is 35.9 Å². The van der Waals surface area contributed by atoms with Crippen LogP contribution in [0.3, 0.4) is 0 Å². The predicted molar refractivity (Wildman–Crippen MR) is 90.5 cm³/mol. The van der Waals surface area contributed by atoms with Crippen LogP contribution in [0.15, 0.2) is 59.8 Å². The molecule has 1 aliphatic rings. The van der Waals surface area contributed by atoms with E-state index >= 15 is 4.39 Å². The van der Waals surface area contributed by atoms with Gasteiger partial charge in [0.2, 0.25) is 6.54 Å². The van der Waals surface area contributed by atoms with E-state index in [1.165, 1.54) is 19.2 Å². The minimum atomic E-state index is -2.77. The molecule has 2 aromatic rings. The molecule has 0 radical (unpaired) electrons. The van der Waals surface area contributed by atoms with Gasteiger partial charge in [0.15, 0.2) is 0 Å². The third-order valence-corrected chi connectivity index (χ3v) is 4.24. The average Bonchev–Trinajstić information content (AvgIpc) is 2.96. The van der Waals surface area contributed by atoms with Crippen LogP contribution in [0.25, 0.3) is 0 Å². The number of hydrogen-bond acceptors (Lipinski definition) is 6. The molecule has 3 rings (SSSR count). The van der Waals surface area contributed by atoms with Gasteiger partial charge in [0.1, 0.15) is 11.5 Å². The molecule has 0 fully saturated rings. The maximum absolute atomic E-state index is 16.0. The second-order valence-corrected chi connectivity index (χ2v) is 5.74. The second-order valence-electron chi connectivity index (χ2n) is 5.74. The van der Waals surface area contributed by atoms with Crippen LogP contribution in [0.2, 0.25) is 0 Å². The molecule has 1 aliphatic heterocycles. The summed E-state index contributed by atoms with van der Waals surface area (Å²) in [4.78, 5) is 27.3. The summed E-state index contributed by atoms with van der Waals surface area (Å²) in [5, 5.41) is 14.7. The van der Waals surface area contributed by atoms with Crippen LogP contribution < -0.4 is 4.74 Å². The molecular formula is C18H15FN2O5. The van der Waals surface area contributed by atoms with E-state index in [0.717, 1.165) is 0 Å². The normalized spacial score (nSPS) is 20.2. The highest BCUT2D eigenvalue weighted by Gasteiger charge is 2.59. The third-order valence-electron chi connectivity index (χ3n) is 4.24. The van der Waals surface area contributed by atoms with Gasteiger partial charge in [-0.1, -0.05) is 47.6 Å². The SMILES string of the molecule is COc1ccc([C@@H](C[N+](=O)[O-])[C@@]2(F)C(=O)ON=C2c2ccccc2)cc1. The van der Waals surface area contributed by atoms with Crippen molar-refractivity contribution in [1.29, 1.82) is 0 Å². The largest absolute Gasteiger partial charge is 0.497 e. The van der Waals surface area contributed by atoms with Gasteiger partial charge >= 0.3 is 5.97 Å². The van der Waals surface area contributed by atoms with E-state index in [4.69, 9.17) is 4.74 Å². The lowest BCUT2D eigenvalue weighted by atomic mass is 9.78. The molecule has 0 aliphatic carbocycles. The number of ether oxygens (including phenoxy) is 1. The van der Waals surface area contributed by atoms with Crippen LogP contribution in [-0.2, 0) is 9.63 Å². The van der Waals surface area contributed by atoms with Gasteiger partial charge in [0.05, 0.1) is 13.0 Å². The minimum absolute atomic E-state index is 0.271. The number of carbonyl (C=O) groups is 1. The number of benzene rings is 2. The fraction of sp³-hybridized carbons (Fsp3) is 0.222. The van der Waals surface area contributed by atoms with E-state index in [-0.39, 0.29) is 11.3 Å². The van der Waals surface area contributed by atoms with Gasteiger partial charge in [-0.15, -0.1) is 0 Å². The lowest BCUT2D eigenvalue weighted by Crippen LogP contribution is -2.47. The Morgan fingerprint density at radius 3 is 2.46 bits per heavy atom. The summed E-state index contributed by atoms with van der Waals surface area (Å²) in [5.41, 5.74) is -2.45. The number of halogens is 1. The van der Waals surface area contributed by atoms with Crippen molar-refractivity contribution >= 4 is 11.7 Å². The van der Waals surface area contributed by atoms with E-state index in [0.29, 0.717) is 11.3 Å². The second kappa shape index (κ2) is 6.91. The van der Waals surface area contributed by atoms with Crippen molar-refractivity contribution in [2.45, 2.75) is 11.6 Å². The maximum Gasteiger partial charge on any atom is 0.379 e. The third kappa shape index (κ3) is 3.01. The lowest BCUT2D eigenvalue weighted by Gasteiger charge is -2.25. The molecule has 0 saturated carbocycles. The first-order chi connectivity index (χ1) is 12.5. The van der Waals surface area contributed by atoms with Crippen molar-refractivity contribution < 1.29 is 23.7 Å². The molecule has 0 unspecified atom stereocenters. The van der Waals surface area contributed by atoms with Crippen LogP contribution in [0.4, 0.5) is 4.39 Å². The van der Waals surface area contributed by atoms with Crippen molar-refractivity contribution in [3.8, 4) is 5.75 Å². The number of oxime groups is 1. The number of rotatable bonds is 6. The molecule has 0 spiro atoms. The van der Waals surface area contributed by atoms with Crippen molar-refractivity contribution in [1.82, 2.24) is 0 Å². The molecule has 2 atom stereocenters. The Morgan fingerprint density at radius 2 is 1.88 bits per heavy atom. The molecule has 2 aromatic carbocycles. The first-order valence-electron chi connectivity index (χ1n) is 7.76. The van der Waals surface area contributed by atoms with E-state index < -0.39 is 29.0 Å². The molecule has 7 nitrogen and oxygen atoms in total. The summed E-state index contributed by atoms with van der Waals surface area (Å²) in [7, 11) is 1.47. The molecule has 134 valence electrons. The van der Waals surface area contributed by atoms with E-state index in [9.17, 15) is 14.9 Å². The monoisotopic (exact) mass is 358 g/mol. The van der Waals surface area contributed by atoms with Gasteiger partial charge in [-0.25, -0.2) is 9.18 Å². The Hall–Kier alpha value is -3.29. The first-order valence-corrected chi connectivity index (χ1v) is 7.76. The molecular weight excluding hydrogens is 343 g/mol. The van der Waals surface area contributed by atoms with Crippen LogP contribution in [0.1, 0.15) is 17.0 Å². The Morgan fingerprint density at radius 1 is 1.23 bits per heavy atom. The molecule has 0 N–H and O–H groups in total. The van der Waals surface area contributed by atoms with Crippen LogP contribution in [0, 0.1) is 10.1 Å². The Kier molecular flexibility index (Phi) is 4.66. The van der Waals surface area contributed by atoms with Crippen LogP contribution >= 0.6 is 0 Å². The topological polar surface area (TPSA) is 91.0 Å². The molecule has 26 heavy (non-hydrogen) atoms. The summed E-state index contributed by atoms with van der Waals surface area (Å²) in [6.45, 7) is -0.802. The van der Waals surface area contributed by atoms with Gasteiger partial charge in [0, 0.05) is 10.5 Å². The van der Waals surface area contributed by atoms with E-state index in [1.807, 2.05) is 0 Å². The maximum atomic E-state index is 16.0. The Balaban J connectivity index is 2.09. The summed E-state index contributed by atoms with van der Waals surface area (Å²) in [5.74, 6) is -2.16. The molecule has 1 heterocycles. The summed E-state index contributed by atoms with van der Waals surface area (Å²) in [6.07, 6.45) is 0. The molecule has 0 aromatic heterocycles.